The van der Waals surface area contributed by atoms with Crippen molar-refractivity contribution in [2.24, 2.45) is 11.0 Å². The van der Waals surface area contributed by atoms with Crippen molar-refractivity contribution in [2.45, 2.75) is 12.3 Å². The molecular formula is C21H17N3O4. The zero-order valence-electron chi connectivity index (χ0n) is 14.8. The summed E-state index contributed by atoms with van der Waals surface area (Å²) in [6.07, 6.45) is 2.24. The fourth-order valence-electron chi connectivity index (χ4n) is 3.15. The number of carbonyl (C=O) groups excluding carboxylic acids is 1. The summed E-state index contributed by atoms with van der Waals surface area (Å²) in [4.78, 5) is 22.6. The number of hydrogen-bond acceptors (Lipinski definition) is 5. The van der Waals surface area contributed by atoms with Crippen LogP contribution in [0.25, 0.3) is 11.3 Å². The molecular weight excluding hydrogens is 358 g/mol. The van der Waals surface area contributed by atoms with E-state index in [0.29, 0.717) is 17.1 Å². The normalized spacial score (nSPS) is 18.1. The van der Waals surface area contributed by atoms with E-state index in [1.807, 2.05) is 30.3 Å². The number of nitrogens with one attached hydrogen (secondary N) is 1. The second-order valence-corrected chi connectivity index (χ2v) is 6.60. The van der Waals surface area contributed by atoms with Crippen molar-refractivity contribution in [2.75, 3.05) is 0 Å². The van der Waals surface area contributed by atoms with Crippen LogP contribution in [-0.4, -0.2) is 17.0 Å². The van der Waals surface area contributed by atoms with Crippen LogP contribution in [0.2, 0.25) is 0 Å². The molecule has 1 saturated carbocycles. The first-order valence-corrected chi connectivity index (χ1v) is 8.84. The Bertz CT molecular complexity index is 1040. The van der Waals surface area contributed by atoms with Gasteiger partial charge in [-0.3, -0.25) is 14.9 Å². The van der Waals surface area contributed by atoms with Gasteiger partial charge in [-0.2, -0.15) is 5.10 Å². The van der Waals surface area contributed by atoms with Gasteiger partial charge in [0.15, 0.2) is 0 Å². The molecule has 1 fully saturated rings. The maximum atomic E-state index is 12.2. The van der Waals surface area contributed by atoms with Crippen molar-refractivity contribution >= 4 is 17.8 Å². The van der Waals surface area contributed by atoms with Gasteiger partial charge in [-0.1, -0.05) is 42.5 Å². The number of amides is 1. The quantitative estimate of drug-likeness (QED) is 0.398. The van der Waals surface area contributed by atoms with E-state index in [1.54, 1.807) is 24.3 Å². The highest BCUT2D eigenvalue weighted by Gasteiger charge is 2.43. The lowest BCUT2D eigenvalue weighted by molar-refractivity contribution is -0.384. The number of carbonyl (C=O) groups is 1. The largest absolute Gasteiger partial charge is 0.455 e. The average Bonchev–Trinajstić information content (AvgIpc) is 3.39. The van der Waals surface area contributed by atoms with Crippen LogP contribution >= 0.6 is 0 Å². The molecule has 0 radical (unpaired) electrons. The summed E-state index contributed by atoms with van der Waals surface area (Å²) in [6.45, 7) is 0. The van der Waals surface area contributed by atoms with Gasteiger partial charge in [0.2, 0.25) is 5.91 Å². The lowest BCUT2D eigenvalue weighted by atomic mass is 10.1. The van der Waals surface area contributed by atoms with E-state index in [9.17, 15) is 14.9 Å². The van der Waals surface area contributed by atoms with E-state index in [1.165, 1.54) is 23.9 Å². The molecule has 140 valence electrons. The highest BCUT2D eigenvalue weighted by atomic mass is 16.6. The van der Waals surface area contributed by atoms with E-state index in [4.69, 9.17) is 4.42 Å². The van der Waals surface area contributed by atoms with Gasteiger partial charge >= 0.3 is 0 Å². The summed E-state index contributed by atoms with van der Waals surface area (Å²) in [5, 5.41) is 14.8. The van der Waals surface area contributed by atoms with Crippen molar-refractivity contribution in [3.05, 3.63) is 88.2 Å². The summed E-state index contributed by atoms with van der Waals surface area (Å²) in [5.41, 5.74) is 4.31. The van der Waals surface area contributed by atoms with Gasteiger partial charge < -0.3 is 4.42 Å². The number of hydrogen-bond donors (Lipinski definition) is 1. The fraction of sp³-hybridized carbons (Fsp3) is 0.143. The third-order valence-corrected chi connectivity index (χ3v) is 4.69. The number of rotatable bonds is 6. The highest BCUT2D eigenvalue weighted by Crippen LogP contribution is 2.47. The van der Waals surface area contributed by atoms with Crippen molar-refractivity contribution in [3.8, 4) is 11.3 Å². The molecule has 1 heterocycles. The summed E-state index contributed by atoms with van der Waals surface area (Å²) < 4.78 is 5.63. The van der Waals surface area contributed by atoms with E-state index >= 15 is 0 Å². The Balaban J connectivity index is 1.35. The Labute approximate surface area is 160 Å². The summed E-state index contributed by atoms with van der Waals surface area (Å²) in [5.74, 6) is 1.01. The molecule has 1 N–H and O–H groups in total. The van der Waals surface area contributed by atoms with Gasteiger partial charge in [-0.15, -0.1) is 0 Å². The molecule has 28 heavy (non-hydrogen) atoms. The Morgan fingerprint density at radius 3 is 2.75 bits per heavy atom. The maximum Gasteiger partial charge on any atom is 0.270 e. The first kappa shape index (κ1) is 17.7. The SMILES string of the molecule is O=C(N/N=C/c1ccc(-c2cccc([N+](=O)[O-])c2)o1)[C@H]1C[C@@H]1c1ccccc1. The molecule has 0 aliphatic heterocycles. The number of non-ortho nitro benzene ring substituents is 1. The molecule has 2 atom stereocenters. The summed E-state index contributed by atoms with van der Waals surface area (Å²) in [6, 6.07) is 19.5. The third-order valence-electron chi connectivity index (χ3n) is 4.69. The van der Waals surface area contributed by atoms with Gasteiger partial charge in [0.25, 0.3) is 5.69 Å². The van der Waals surface area contributed by atoms with Crippen molar-refractivity contribution in [1.82, 2.24) is 5.43 Å². The van der Waals surface area contributed by atoms with E-state index in [0.717, 1.165) is 6.42 Å². The van der Waals surface area contributed by atoms with Crippen LogP contribution in [0.15, 0.2) is 76.2 Å². The molecule has 7 heteroatoms. The number of nitro groups is 1. The second-order valence-electron chi connectivity index (χ2n) is 6.60. The van der Waals surface area contributed by atoms with Crippen LogP contribution < -0.4 is 5.43 Å². The molecule has 2 aromatic carbocycles. The summed E-state index contributed by atoms with van der Waals surface area (Å²) >= 11 is 0. The molecule has 4 rings (SSSR count). The van der Waals surface area contributed by atoms with Crippen molar-refractivity contribution in [3.63, 3.8) is 0 Å². The van der Waals surface area contributed by atoms with Crippen LogP contribution in [0.3, 0.4) is 0 Å². The van der Waals surface area contributed by atoms with Crippen LogP contribution in [0.1, 0.15) is 23.7 Å². The Kier molecular flexibility index (Phi) is 4.72. The minimum Gasteiger partial charge on any atom is -0.455 e. The Hall–Kier alpha value is -3.74. The minimum absolute atomic E-state index is 0.00576. The number of benzene rings is 2. The average molecular weight is 375 g/mol. The monoisotopic (exact) mass is 375 g/mol. The maximum absolute atomic E-state index is 12.2. The number of nitro benzene ring substituents is 1. The standard InChI is InChI=1S/C21H17N3O4/c25-21(19-12-18(19)14-5-2-1-3-6-14)23-22-13-17-9-10-20(28-17)15-7-4-8-16(11-15)24(26)27/h1-11,13,18-19H,12H2,(H,23,25)/b22-13+/t18-,19+/m1/s1. The molecule has 1 aromatic heterocycles. The zero-order valence-corrected chi connectivity index (χ0v) is 14.8. The topological polar surface area (TPSA) is 97.7 Å². The zero-order chi connectivity index (χ0) is 19.5. The van der Waals surface area contributed by atoms with Gasteiger partial charge in [0, 0.05) is 23.6 Å². The van der Waals surface area contributed by atoms with Crippen LogP contribution in [-0.2, 0) is 4.79 Å². The third kappa shape index (κ3) is 3.83. The smallest absolute Gasteiger partial charge is 0.270 e. The molecule has 7 nitrogen and oxygen atoms in total. The molecule has 1 aliphatic rings. The summed E-state index contributed by atoms with van der Waals surface area (Å²) in [7, 11) is 0. The predicted octanol–water partition coefficient (Wildman–Crippen LogP) is 4.11. The van der Waals surface area contributed by atoms with Crippen LogP contribution in [0.4, 0.5) is 5.69 Å². The Morgan fingerprint density at radius 1 is 1.14 bits per heavy atom. The fourth-order valence-corrected chi connectivity index (χ4v) is 3.15. The van der Waals surface area contributed by atoms with Crippen LogP contribution in [0, 0.1) is 16.0 Å². The first-order valence-electron chi connectivity index (χ1n) is 8.84. The van der Waals surface area contributed by atoms with E-state index < -0.39 is 4.92 Å². The van der Waals surface area contributed by atoms with Crippen molar-refractivity contribution < 1.29 is 14.1 Å². The number of hydrazone groups is 1. The number of nitrogens with zero attached hydrogens (tertiary/aromatic N) is 2. The molecule has 0 unspecified atom stereocenters. The molecule has 1 aliphatic carbocycles. The minimum atomic E-state index is -0.453. The number of furan rings is 1. The highest BCUT2D eigenvalue weighted by molar-refractivity contribution is 5.85. The lowest BCUT2D eigenvalue weighted by Crippen LogP contribution is -2.20. The molecule has 3 aromatic rings. The van der Waals surface area contributed by atoms with Gasteiger partial charge in [0.05, 0.1) is 11.1 Å². The van der Waals surface area contributed by atoms with E-state index in [2.05, 4.69) is 10.5 Å². The molecule has 0 saturated heterocycles. The second kappa shape index (κ2) is 7.48. The van der Waals surface area contributed by atoms with Gasteiger partial charge in [-0.25, -0.2) is 5.43 Å². The van der Waals surface area contributed by atoms with Gasteiger partial charge in [-0.05, 0) is 30.0 Å². The van der Waals surface area contributed by atoms with E-state index in [-0.39, 0.29) is 23.4 Å². The van der Waals surface area contributed by atoms with Crippen LogP contribution in [0.5, 0.6) is 0 Å². The predicted molar refractivity (Wildman–Crippen MR) is 104 cm³/mol. The molecule has 0 bridgehead atoms. The van der Waals surface area contributed by atoms with Gasteiger partial charge in [0.1, 0.15) is 11.5 Å². The first-order chi connectivity index (χ1) is 13.6. The van der Waals surface area contributed by atoms with Crippen molar-refractivity contribution in [1.29, 1.82) is 0 Å². The Morgan fingerprint density at radius 2 is 1.96 bits per heavy atom. The molecule has 0 spiro atoms. The molecule has 1 amide bonds. The lowest BCUT2D eigenvalue weighted by Gasteiger charge is -1.99.